The number of non-ortho nitro benzene ring substituents is 1. The molecule has 0 heterocycles. The molecule has 0 amide bonds. The van der Waals surface area contributed by atoms with Crippen molar-refractivity contribution in [2.24, 2.45) is 0 Å². The lowest BCUT2D eigenvalue weighted by Crippen LogP contribution is -1.94. The summed E-state index contributed by atoms with van der Waals surface area (Å²) < 4.78 is 0. The maximum atomic E-state index is 10.4. The Hall–Kier alpha value is -3.74. The normalized spacial score (nSPS) is 9.73. The molecular formula is C19H16N2O5. The van der Waals surface area contributed by atoms with Gasteiger partial charge in [-0.05, 0) is 18.1 Å². The van der Waals surface area contributed by atoms with E-state index in [4.69, 9.17) is 0 Å². The Balaban J connectivity index is 0.000000189. The summed E-state index contributed by atoms with van der Waals surface area (Å²) in [6.45, 7) is 1.36. The number of phenolic OH excluding ortho intramolecular Hbond substituents is 1. The van der Waals surface area contributed by atoms with Gasteiger partial charge in [-0.2, -0.15) is 0 Å². The fourth-order valence-electron chi connectivity index (χ4n) is 2.25. The number of benzene rings is 3. The van der Waals surface area contributed by atoms with E-state index in [9.17, 15) is 25.3 Å². The summed E-state index contributed by atoms with van der Waals surface area (Å²) in [6, 6.07) is 22.6. The minimum absolute atomic E-state index is 0.103. The molecule has 7 nitrogen and oxygen atoms in total. The van der Waals surface area contributed by atoms with Gasteiger partial charge in [0.1, 0.15) is 0 Å². The lowest BCUT2D eigenvalue weighted by molar-refractivity contribution is -0.394. The van der Waals surface area contributed by atoms with Gasteiger partial charge < -0.3 is 5.11 Å². The average Bonchev–Trinajstić information content (AvgIpc) is 2.65. The minimum atomic E-state index is -0.866. The molecule has 1 N–H and O–H groups in total. The van der Waals surface area contributed by atoms with E-state index in [1.165, 1.54) is 18.1 Å². The minimum Gasteiger partial charge on any atom is -0.502 e. The summed E-state index contributed by atoms with van der Waals surface area (Å²) in [6.07, 6.45) is 0. The van der Waals surface area contributed by atoms with Gasteiger partial charge in [0.25, 0.3) is 5.69 Å². The Bertz CT molecular complexity index is 874. The molecule has 7 heteroatoms. The third-order valence-corrected chi connectivity index (χ3v) is 3.55. The van der Waals surface area contributed by atoms with E-state index >= 15 is 0 Å². The molecule has 0 spiro atoms. The molecule has 0 fully saturated rings. The van der Waals surface area contributed by atoms with Gasteiger partial charge in [0.2, 0.25) is 0 Å². The number of aryl methyl sites for hydroxylation is 1. The van der Waals surface area contributed by atoms with Crippen LogP contribution < -0.4 is 0 Å². The molecule has 0 bridgehead atoms. The topological polar surface area (TPSA) is 107 Å². The monoisotopic (exact) mass is 352 g/mol. The van der Waals surface area contributed by atoms with Crippen LogP contribution in [0.3, 0.4) is 0 Å². The highest BCUT2D eigenvalue weighted by Crippen LogP contribution is 2.33. The standard InChI is InChI=1S/C12H10.C7H6N2O5/c1-3-7-11(8-4-1)12-9-5-2-6-10-12;1-4-2-5(8(11)12)3-6(7(4)10)9(13)14/h1-10H;2-3,10H,1H3. The van der Waals surface area contributed by atoms with Crippen LogP contribution in [0.5, 0.6) is 5.75 Å². The third kappa shape index (κ3) is 4.64. The van der Waals surface area contributed by atoms with Crippen molar-refractivity contribution in [2.45, 2.75) is 6.92 Å². The smallest absolute Gasteiger partial charge is 0.317 e. The first-order valence-corrected chi connectivity index (χ1v) is 7.63. The van der Waals surface area contributed by atoms with Gasteiger partial charge in [-0.15, -0.1) is 0 Å². The summed E-state index contributed by atoms with van der Waals surface area (Å²) >= 11 is 0. The lowest BCUT2D eigenvalue weighted by Gasteiger charge is -1.99. The maximum absolute atomic E-state index is 10.4. The van der Waals surface area contributed by atoms with Crippen LogP contribution in [-0.2, 0) is 0 Å². The van der Waals surface area contributed by atoms with Crippen LogP contribution in [0.2, 0.25) is 0 Å². The van der Waals surface area contributed by atoms with E-state index in [0.29, 0.717) is 0 Å². The van der Waals surface area contributed by atoms with Crippen LogP contribution in [0.15, 0.2) is 72.8 Å². The van der Waals surface area contributed by atoms with Crippen molar-refractivity contribution in [3.8, 4) is 16.9 Å². The fraction of sp³-hybridized carbons (Fsp3) is 0.0526. The van der Waals surface area contributed by atoms with E-state index in [1.807, 2.05) is 12.1 Å². The Morgan fingerprint density at radius 3 is 1.62 bits per heavy atom. The number of aromatic hydroxyl groups is 1. The van der Waals surface area contributed by atoms with E-state index < -0.39 is 27.0 Å². The number of rotatable bonds is 3. The number of hydrogen-bond donors (Lipinski definition) is 1. The Labute approximate surface area is 149 Å². The molecule has 132 valence electrons. The molecule has 3 aromatic rings. The summed E-state index contributed by atoms with van der Waals surface area (Å²) in [7, 11) is 0. The summed E-state index contributed by atoms with van der Waals surface area (Å²) in [4.78, 5) is 19.1. The van der Waals surface area contributed by atoms with Gasteiger partial charge in [-0.1, -0.05) is 60.7 Å². The number of nitro groups is 2. The van der Waals surface area contributed by atoms with Crippen molar-refractivity contribution in [1.82, 2.24) is 0 Å². The zero-order chi connectivity index (χ0) is 19.1. The highest BCUT2D eigenvalue weighted by molar-refractivity contribution is 5.62. The van der Waals surface area contributed by atoms with Gasteiger partial charge in [-0.25, -0.2) is 0 Å². The Morgan fingerprint density at radius 1 is 0.769 bits per heavy atom. The number of phenols is 1. The largest absolute Gasteiger partial charge is 0.502 e. The summed E-state index contributed by atoms with van der Waals surface area (Å²) in [5.74, 6) is -0.541. The van der Waals surface area contributed by atoms with Crippen molar-refractivity contribution in [3.05, 3.63) is 98.6 Å². The summed E-state index contributed by atoms with van der Waals surface area (Å²) in [5.41, 5.74) is 1.59. The Kier molecular flexibility index (Phi) is 6.00. The zero-order valence-corrected chi connectivity index (χ0v) is 13.9. The number of nitrogens with zero attached hydrogens (tertiary/aromatic N) is 2. The lowest BCUT2D eigenvalue weighted by atomic mass is 10.1. The molecule has 0 aliphatic heterocycles. The molecule has 0 aromatic heterocycles. The van der Waals surface area contributed by atoms with Crippen molar-refractivity contribution in [3.63, 3.8) is 0 Å². The first-order valence-electron chi connectivity index (χ1n) is 7.63. The maximum Gasteiger partial charge on any atom is 0.317 e. The van der Waals surface area contributed by atoms with Crippen LogP contribution in [0.1, 0.15) is 5.56 Å². The highest BCUT2D eigenvalue weighted by atomic mass is 16.6. The second-order valence-corrected chi connectivity index (χ2v) is 5.38. The molecule has 26 heavy (non-hydrogen) atoms. The van der Waals surface area contributed by atoms with Crippen LogP contribution in [0, 0.1) is 27.2 Å². The summed E-state index contributed by atoms with van der Waals surface area (Å²) in [5, 5.41) is 29.9. The number of hydrogen-bond acceptors (Lipinski definition) is 5. The SMILES string of the molecule is Cc1cc([N+](=O)[O-])cc([N+](=O)[O-])c1O.c1ccc(-c2ccccc2)cc1. The quantitative estimate of drug-likeness (QED) is 0.534. The molecule has 0 unspecified atom stereocenters. The second-order valence-electron chi connectivity index (χ2n) is 5.38. The van der Waals surface area contributed by atoms with Crippen molar-refractivity contribution in [2.75, 3.05) is 0 Å². The van der Waals surface area contributed by atoms with Crippen molar-refractivity contribution >= 4 is 11.4 Å². The fourth-order valence-corrected chi connectivity index (χ4v) is 2.25. The van der Waals surface area contributed by atoms with E-state index in [-0.39, 0.29) is 5.56 Å². The van der Waals surface area contributed by atoms with Crippen LogP contribution >= 0.6 is 0 Å². The van der Waals surface area contributed by atoms with Crippen LogP contribution in [-0.4, -0.2) is 15.0 Å². The third-order valence-electron chi connectivity index (χ3n) is 3.55. The molecular weight excluding hydrogens is 336 g/mol. The first kappa shape index (κ1) is 18.6. The molecule has 3 rings (SSSR count). The average molecular weight is 352 g/mol. The highest BCUT2D eigenvalue weighted by Gasteiger charge is 2.21. The van der Waals surface area contributed by atoms with Crippen molar-refractivity contribution in [1.29, 1.82) is 0 Å². The molecule has 0 saturated heterocycles. The predicted molar refractivity (Wildman–Crippen MR) is 98.0 cm³/mol. The molecule has 0 aliphatic rings. The molecule has 0 saturated carbocycles. The Morgan fingerprint density at radius 2 is 1.23 bits per heavy atom. The first-order chi connectivity index (χ1) is 12.4. The van der Waals surface area contributed by atoms with E-state index in [1.54, 1.807) is 0 Å². The molecule has 0 aliphatic carbocycles. The second kappa shape index (κ2) is 8.39. The molecule has 3 aromatic carbocycles. The number of nitro benzene ring substituents is 2. The van der Waals surface area contributed by atoms with E-state index in [2.05, 4.69) is 48.5 Å². The van der Waals surface area contributed by atoms with E-state index in [0.717, 1.165) is 12.1 Å². The molecule has 0 atom stereocenters. The van der Waals surface area contributed by atoms with Crippen LogP contribution in [0.4, 0.5) is 11.4 Å². The molecule has 0 radical (unpaired) electrons. The van der Waals surface area contributed by atoms with Gasteiger partial charge in [0.05, 0.1) is 15.9 Å². The zero-order valence-electron chi connectivity index (χ0n) is 13.9. The van der Waals surface area contributed by atoms with Gasteiger partial charge in [0, 0.05) is 11.6 Å². The van der Waals surface area contributed by atoms with Gasteiger partial charge >= 0.3 is 5.69 Å². The van der Waals surface area contributed by atoms with Gasteiger partial charge in [0.15, 0.2) is 5.75 Å². The van der Waals surface area contributed by atoms with Crippen LogP contribution in [0.25, 0.3) is 11.1 Å². The van der Waals surface area contributed by atoms with Gasteiger partial charge in [-0.3, -0.25) is 20.2 Å². The van der Waals surface area contributed by atoms with Crippen molar-refractivity contribution < 1.29 is 15.0 Å². The predicted octanol–water partition coefficient (Wildman–Crippen LogP) is 4.87.